The number of ether oxygens (including phenoxy) is 1. The largest absolute Gasteiger partial charge is 0.469 e. The van der Waals surface area contributed by atoms with E-state index in [-0.39, 0.29) is 41.7 Å². The standard InChI is InChI=1S/C27H33N5O4/c1-27(20-6-4-3-5-7-20)12-13-31(17-27)22-14-19(16-33)24-29-23(30-32(24)15-22)25(34)28-21-10-8-18(9-11-21)26(35)36-2/h3-7,14-15,18,21,33H,8-13,16-17H2,1-2H3,(H,28,34)/t18?,21?,27-/m0/s1. The maximum atomic E-state index is 12.9. The highest BCUT2D eigenvalue weighted by Gasteiger charge is 2.36. The Morgan fingerprint density at radius 1 is 1.19 bits per heavy atom. The number of methoxy groups -OCH3 is 1. The Balaban J connectivity index is 1.31. The van der Waals surface area contributed by atoms with Crippen molar-refractivity contribution in [3.63, 3.8) is 0 Å². The summed E-state index contributed by atoms with van der Waals surface area (Å²) in [5.41, 5.74) is 3.41. The highest BCUT2D eigenvalue weighted by molar-refractivity contribution is 5.91. The first kappa shape index (κ1) is 24.2. The van der Waals surface area contributed by atoms with Crippen molar-refractivity contribution in [1.29, 1.82) is 0 Å². The van der Waals surface area contributed by atoms with E-state index in [4.69, 9.17) is 4.74 Å². The third kappa shape index (κ3) is 4.67. The summed E-state index contributed by atoms with van der Waals surface area (Å²) in [6.45, 7) is 3.82. The van der Waals surface area contributed by atoms with Crippen LogP contribution >= 0.6 is 0 Å². The molecule has 2 N–H and O–H groups in total. The fourth-order valence-corrected chi connectivity index (χ4v) is 5.57. The van der Waals surface area contributed by atoms with Crippen molar-refractivity contribution in [3.8, 4) is 0 Å². The number of carbonyl (C=O) groups excluding carboxylic acids is 2. The lowest BCUT2D eigenvalue weighted by Crippen LogP contribution is -2.39. The summed E-state index contributed by atoms with van der Waals surface area (Å²) >= 11 is 0. The number of pyridine rings is 1. The van der Waals surface area contributed by atoms with E-state index in [1.165, 1.54) is 12.7 Å². The van der Waals surface area contributed by atoms with Crippen LogP contribution in [-0.4, -0.2) is 57.8 Å². The lowest BCUT2D eigenvalue weighted by atomic mass is 9.82. The van der Waals surface area contributed by atoms with Crippen molar-refractivity contribution in [2.75, 3.05) is 25.1 Å². The number of carbonyl (C=O) groups is 2. The summed E-state index contributed by atoms with van der Waals surface area (Å²) in [7, 11) is 1.41. The summed E-state index contributed by atoms with van der Waals surface area (Å²) in [5.74, 6) is -0.552. The molecule has 1 amide bonds. The van der Waals surface area contributed by atoms with E-state index in [0.717, 1.165) is 25.2 Å². The number of aliphatic hydroxyl groups is 1. The zero-order chi connectivity index (χ0) is 25.3. The number of nitrogens with zero attached hydrogens (tertiary/aromatic N) is 4. The Morgan fingerprint density at radius 2 is 1.94 bits per heavy atom. The molecule has 0 spiro atoms. The summed E-state index contributed by atoms with van der Waals surface area (Å²) in [6, 6.07) is 12.5. The van der Waals surface area contributed by atoms with Gasteiger partial charge in [0.2, 0.25) is 5.82 Å². The molecular formula is C27H33N5O4. The Kier molecular flexibility index (Phi) is 6.66. The van der Waals surface area contributed by atoms with Crippen molar-refractivity contribution in [1.82, 2.24) is 19.9 Å². The normalized spacial score (nSPS) is 24.1. The third-order valence-corrected chi connectivity index (χ3v) is 7.77. The van der Waals surface area contributed by atoms with E-state index in [1.54, 1.807) is 4.52 Å². The van der Waals surface area contributed by atoms with Gasteiger partial charge in [-0.15, -0.1) is 5.10 Å². The predicted octanol–water partition coefficient (Wildman–Crippen LogP) is 2.85. The molecule has 5 rings (SSSR count). The summed E-state index contributed by atoms with van der Waals surface area (Å²) in [4.78, 5) is 31.4. The number of hydrogen-bond donors (Lipinski definition) is 2. The van der Waals surface area contributed by atoms with Gasteiger partial charge in [0.05, 0.1) is 31.5 Å². The first-order chi connectivity index (χ1) is 17.4. The molecule has 0 bridgehead atoms. The molecular weight excluding hydrogens is 458 g/mol. The Hall–Kier alpha value is -3.46. The van der Waals surface area contributed by atoms with Gasteiger partial charge in [-0.05, 0) is 43.7 Å². The molecule has 1 saturated heterocycles. The maximum Gasteiger partial charge on any atom is 0.308 e. The van der Waals surface area contributed by atoms with E-state index < -0.39 is 0 Å². The molecule has 2 aliphatic rings. The van der Waals surface area contributed by atoms with Gasteiger partial charge < -0.3 is 20.1 Å². The number of esters is 1. The number of benzene rings is 1. The zero-order valence-electron chi connectivity index (χ0n) is 20.8. The van der Waals surface area contributed by atoms with Crippen LogP contribution in [0, 0.1) is 5.92 Å². The molecule has 9 nitrogen and oxygen atoms in total. The first-order valence-electron chi connectivity index (χ1n) is 12.6. The predicted molar refractivity (Wildman–Crippen MR) is 135 cm³/mol. The van der Waals surface area contributed by atoms with E-state index in [1.807, 2.05) is 18.3 Å². The molecule has 1 aliphatic carbocycles. The van der Waals surface area contributed by atoms with Gasteiger partial charge in [-0.3, -0.25) is 9.59 Å². The lowest BCUT2D eigenvalue weighted by Gasteiger charge is -2.27. The number of amides is 1. The van der Waals surface area contributed by atoms with Gasteiger partial charge in [0.25, 0.3) is 5.91 Å². The lowest BCUT2D eigenvalue weighted by molar-refractivity contribution is -0.146. The van der Waals surface area contributed by atoms with Gasteiger partial charge >= 0.3 is 5.97 Å². The topological polar surface area (TPSA) is 109 Å². The molecule has 36 heavy (non-hydrogen) atoms. The summed E-state index contributed by atoms with van der Waals surface area (Å²) in [5, 5.41) is 17.5. The van der Waals surface area contributed by atoms with Crippen molar-refractivity contribution in [3.05, 3.63) is 59.5 Å². The molecule has 9 heteroatoms. The second-order valence-electron chi connectivity index (χ2n) is 10.2. The number of aromatic nitrogens is 3. The van der Waals surface area contributed by atoms with E-state index in [2.05, 4.69) is 51.5 Å². The molecule has 2 fully saturated rings. The van der Waals surface area contributed by atoms with Crippen LogP contribution in [0.4, 0.5) is 5.69 Å². The highest BCUT2D eigenvalue weighted by atomic mass is 16.5. The summed E-state index contributed by atoms with van der Waals surface area (Å²) in [6.07, 6.45) is 5.70. The van der Waals surface area contributed by atoms with Gasteiger partial charge in [-0.25, -0.2) is 9.50 Å². The molecule has 3 heterocycles. The number of anilines is 1. The SMILES string of the molecule is COC(=O)C1CCC(NC(=O)c2nc3c(CO)cc(N4CC[C@](C)(c5ccccc5)C4)cn3n2)CC1. The van der Waals surface area contributed by atoms with Crippen molar-refractivity contribution < 1.29 is 19.4 Å². The molecule has 0 unspecified atom stereocenters. The third-order valence-electron chi connectivity index (χ3n) is 7.77. The fourth-order valence-electron chi connectivity index (χ4n) is 5.57. The van der Waals surface area contributed by atoms with Gasteiger partial charge in [-0.1, -0.05) is 37.3 Å². The van der Waals surface area contributed by atoms with Crippen LogP contribution in [0.3, 0.4) is 0 Å². The fraction of sp³-hybridized carbons (Fsp3) is 0.481. The minimum absolute atomic E-state index is 0.0295. The van der Waals surface area contributed by atoms with Crippen molar-refractivity contribution in [2.24, 2.45) is 5.92 Å². The van der Waals surface area contributed by atoms with Crippen LogP contribution in [0.1, 0.15) is 60.8 Å². The molecule has 190 valence electrons. The Labute approximate surface area is 210 Å². The number of aliphatic hydroxyl groups excluding tert-OH is 1. The molecule has 1 saturated carbocycles. The number of hydrogen-bond acceptors (Lipinski definition) is 7. The second kappa shape index (κ2) is 9.89. The van der Waals surface area contributed by atoms with Crippen molar-refractivity contribution >= 4 is 23.2 Å². The van der Waals surface area contributed by atoms with Crippen LogP contribution in [0.2, 0.25) is 0 Å². The number of rotatable bonds is 6. The van der Waals surface area contributed by atoms with Gasteiger partial charge in [0, 0.05) is 30.1 Å². The minimum Gasteiger partial charge on any atom is -0.469 e. The van der Waals surface area contributed by atoms with E-state index >= 15 is 0 Å². The smallest absolute Gasteiger partial charge is 0.308 e. The molecule has 3 aromatic rings. The average Bonchev–Trinajstić information content (AvgIpc) is 3.53. The molecule has 0 radical (unpaired) electrons. The highest BCUT2D eigenvalue weighted by Crippen LogP contribution is 2.36. The molecule has 1 aromatic carbocycles. The van der Waals surface area contributed by atoms with E-state index in [0.29, 0.717) is 36.9 Å². The van der Waals surface area contributed by atoms with Crippen LogP contribution in [0.15, 0.2) is 42.6 Å². The zero-order valence-corrected chi connectivity index (χ0v) is 20.8. The molecule has 2 aromatic heterocycles. The Morgan fingerprint density at radius 3 is 2.64 bits per heavy atom. The van der Waals surface area contributed by atoms with Crippen LogP contribution < -0.4 is 10.2 Å². The second-order valence-corrected chi connectivity index (χ2v) is 10.2. The number of fused-ring (bicyclic) bond motifs is 1. The first-order valence-corrected chi connectivity index (χ1v) is 12.6. The number of nitrogens with one attached hydrogen (secondary N) is 1. The van der Waals surface area contributed by atoms with Gasteiger partial charge in [0.1, 0.15) is 0 Å². The van der Waals surface area contributed by atoms with E-state index in [9.17, 15) is 14.7 Å². The minimum atomic E-state index is -0.344. The average molecular weight is 492 g/mol. The van der Waals surface area contributed by atoms with Gasteiger partial charge in [0.15, 0.2) is 5.65 Å². The molecule has 1 aliphatic heterocycles. The Bertz CT molecular complexity index is 1250. The monoisotopic (exact) mass is 491 g/mol. The van der Waals surface area contributed by atoms with Crippen LogP contribution in [-0.2, 0) is 21.6 Å². The van der Waals surface area contributed by atoms with Crippen LogP contribution in [0.25, 0.3) is 5.65 Å². The van der Waals surface area contributed by atoms with Gasteiger partial charge in [-0.2, -0.15) is 0 Å². The quantitative estimate of drug-likeness (QED) is 0.511. The maximum absolute atomic E-state index is 12.9. The molecule has 1 atom stereocenters. The summed E-state index contributed by atoms with van der Waals surface area (Å²) < 4.78 is 6.44. The van der Waals surface area contributed by atoms with Crippen molar-refractivity contribution in [2.45, 2.75) is 57.1 Å². The van der Waals surface area contributed by atoms with Crippen LogP contribution in [0.5, 0.6) is 0 Å².